The molecule has 0 aliphatic carbocycles. The lowest BCUT2D eigenvalue weighted by atomic mass is 10.1. The normalized spacial score (nSPS) is 16.0. The van der Waals surface area contributed by atoms with E-state index in [1.54, 1.807) is 13.2 Å². The Morgan fingerprint density at radius 3 is 2.80 bits per heavy atom. The van der Waals surface area contributed by atoms with E-state index >= 15 is 0 Å². The molecule has 3 rings (SSSR count). The van der Waals surface area contributed by atoms with Crippen LogP contribution in [0.1, 0.15) is 42.2 Å². The fourth-order valence-corrected chi connectivity index (χ4v) is 3.54. The second-order valence-electron chi connectivity index (χ2n) is 7.38. The zero-order valence-electron chi connectivity index (χ0n) is 17.1. The summed E-state index contributed by atoms with van der Waals surface area (Å²) in [6.45, 7) is 4.56. The highest BCUT2D eigenvalue weighted by molar-refractivity contribution is 5.76. The van der Waals surface area contributed by atoms with Crippen molar-refractivity contribution in [1.82, 2.24) is 25.0 Å². The molecule has 1 aromatic carbocycles. The molecule has 0 spiro atoms. The Hall–Kier alpha value is -2.46. The van der Waals surface area contributed by atoms with E-state index in [0.29, 0.717) is 50.6 Å². The molecule has 1 atom stereocenters. The average molecular weight is 425 g/mol. The molecule has 0 fully saturated rings. The lowest BCUT2D eigenvalue weighted by molar-refractivity contribution is -0.137. The van der Waals surface area contributed by atoms with E-state index in [-0.39, 0.29) is 18.4 Å². The maximum absolute atomic E-state index is 13.0. The van der Waals surface area contributed by atoms with Gasteiger partial charge in [0.2, 0.25) is 5.91 Å². The van der Waals surface area contributed by atoms with Crippen LogP contribution in [0.25, 0.3) is 0 Å². The molecule has 0 saturated carbocycles. The minimum Gasteiger partial charge on any atom is -0.384 e. The molecule has 10 heteroatoms. The van der Waals surface area contributed by atoms with Crippen LogP contribution in [-0.4, -0.2) is 52.4 Å². The van der Waals surface area contributed by atoms with Crippen molar-refractivity contribution in [3.63, 3.8) is 0 Å². The summed E-state index contributed by atoms with van der Waals surface area (Å²) < 4.78 is 45.8. The highest BCUT2D eigenvalue weighted by Gasteiger charge is 2.30. The number of fused-ring (bicyclic) bond motifs is 1. The molecule has 2 heterocycles. The zero-order valence-corrected chi connectivity index (χ0v) is 17.1. The van der Waals surface area contributed by atoms with E-state index in [1.807, 2.05) is 11.5 Å². The Labute approximate surface area is 173 Å². The van der Waals surface area contributed by atoms with Gasteiger partial charge in [0.15, 0.2) is 5.82 Å². The summed E-state index contributed by atoms with van der Waals surface area (Å²) in [5.74, 6) is 1.37. The van der Waals surface area contributed by atoms with Gasteiger partial charge in [0.05, 0.1) is 18.2 Å². The number of benzene rings is 1. The van der Waals surface area contributed by atoms with Crippen LogP contribution in [0.15, 0.2) is 24.3 Å². The van der Waals surface area contributed by atoms with Gasteiger partial charge in [-0.3, -0.25) is 9.69 Å². The van der Waals surface area contributed by atoms with Crippen LogP contribution >= 0.6 is 0 Å². The molecule has 1 aliphatic heterocycles. The van der Waals surface area contributed by atoms with Crippen LogP contribution < -0.4 is 5.32 Å². The molecule has 0 radical (unpaired) electrons. The standard InChI is InChI=1S/C20H26F3N5O2/c1-14(24-18(29)7-11-30-2)19-26-25-17-6-8-27(9-10-28(17)19)13-15-4-3-5-16(12-15)20(21,22)23/h3-5,12,14H,6-11,13H2,1-2H3,(H,24,29)/t14-/m1/s1. The Morgan fingerprint density at radius 2 is 2.07 bits per heavy atom. The van der Waals surface area contributed by atoms with Crippen LogP contribution in [-0.2, 0) is 35.2 Å². The third-order valence-electron chi connectivity index (χ3n) is 5.11. The van der Waals surface area contributed by atoms with Crippen molar-refractivity contribution in [1.29, 1.82) is 0 Å². The van der Waals surface area contributed by atoms with Crippen molar-refractivity contribution in [3.05, 3.63) is 47.0 Å². The number of ether oxygens (including phenoxy) is 1. The van der Waals surface area contributed by atoms with Crippen LogP contribution in [0.4, 0.5) is 13.2 Å². The minimum absolute atomic E-state index is 0.124. The third-order valence-corrected chi connectivity index (χ3v) is 5.11. The number of carbonyl (C=O) groups is 1. The Kier molecular flexibility index (Phi) is 7.09. The smallest absolute Gasteiger partial charge is 0.384 e. The van der Waals surface area contributed by atoms with Crippen LogP contribution in [0.2, 0.25) is 0 Å². The van der Waals surface area contributed by atoms with E-state index in [2.05, 4.69) is 20.4 Å². The number of aromatic nitrogens is 3. The second-order valence-corrected chi connectivity index (χ2v) is 7.38. The predicted molar refractivity (Wildman–Crippen MR) is 103 cm³/mol. The molecule has 164 valence electrons. The number of amides is 1. The zero-order chi connectivity index (χ0) is 21.7. The lowest BCUT2D eigenvalue weighted by Gasteiger charge is -2.21. The van der Waals surface area contributed by atoms with Gasteiger partial charge in [-0.2, -0.15) is 13.2 Å². The molecule has 1 aliphatic rings. The summed E-state index contributed by atoms with van der Waals surface area (Å²) in [4.78, 5) is 14.1. The van der Waals surface area contributed by atoms with Crippen LogP contribution in [0, 0.1) is 0 Å². The van der Waals surface area contributed by atoms with Gasteiger partial charge < -0.3 is 14.6 Å². The van der Waals surface area contributed by atoms with Crippen molar-refractivity contribution in [2.75, 3.05) is 26.8 Å². The number of nitrogens with zero attached hydrogens (tertiary/aromatic N) is 4. The molecule has 0 unspecified atom stereocenters. The number of halogens is 3. The summed E-state index contributed by atoms with van der Waals surface area (Å²) in [7, 11) is 1.54. The monoisotopic (exact) mass is 425 g/mol. The van der Waals surface area contributed by atoms with E-state index < -0.39 is 11.7 Å². The highest BCUT2D eigenvalue weighted by atomic mass is 19.4. The molecular weight excluding hydrogens is 399 g/mol. The van der Waals surface area contributed by atoms with Gasteiger partial charge in [0.25, 0.3) is 0 Å². The van der Waals surface area contributed by atoms with Gasteiger partial charge in [-0.05, 0) is 18.6 Å². The molecule has 0 bridgehead atoms. The number of hydrogen-bond donors (Lipinski definition) is 1. The maximum Gasteiger partial charge on any atom is 0.416 e. The Morgan fingerprint density at radius 1 is 1.27 bits per heavy atom. The topological polar surface area (TPSA) is 72.3 Å². The minimum atomic E-state index is -4.35. The first-order chi connectivity index (χ1) is 14.3. The first-order valence-corrected chi connectivity index (χ1v) is 9.86. The molecule has 1 aromatic heterocycles. The Balaban J connectivity index is 1.63. The first kappa shape index (κ1) is 22.2. The maximum atomic E-state index is 13.0. The predicted octanol–water partition coefficient (Wildman–Crippen LogP) is 2.57. The number of alkyl halides is 3. The number of methoxy groups -OCH3 is 1. The van der Waals surface area contributed by atoms with Gasteiger partial charge in [-0.1, -0.05) is 18.2 Å². The van der Waals surface area contributed by atoms with Crippen molar-refractivity contribution in [2.45, 2.75) is 45.1 Å². The quantitative estimate of drug-likeness (QED) is 0.738. The van der Waals surface area contributed by atoms with Crippen LogP contribution in [0.3, 0.4) is 0 Å². The summed E-state index contributed by atoms with van der Waals surface area (Å²) in [5, 5.41) is 11.4. The summed E-state index contributed by atoms with van der Waals surface area (Å²) in [5.41, 5.74) is -0.00577. The molecule has 1 amide bonds. The van der Waals surface area contributed by atoms with Crippen molar-refractivity contribution < 1.29 is 22.7 Å². The number of carbonyl (C=O) groups excluding carboxylic acids is 1. The average Bonchev–Trinajstić information content (AvgIpc) is 3.01. The largest absolute Gasteiger partial charge is 0.416 e. The van der Waals surface area contributed by atoms with Crippen LogP contribution in [0.5, 0.6) is 0 Å². The fourth-order valence-electron chi connectivity index (χ4n) is 3.54. The summed E-state index contributed by atoms with van der Waals surface area (Å²) in [6, 6.07) is 5.14. The third kappa shape index (κ3) is 5.57. The van der Waals surface area contributed by atoms with Gasteiger partial charge in [-0.15, -0.1) is 10.2 Å². The van der Waals surface area contributed by atoms with Gasteiger partial charge in [-0.25, -0.2) is 0 Å². The van der Waals surface area contributed by atoms with Crippen molar-refractivity contribution in [3.8, 4) is 0 Å². The Bertz CT molecular complexity index is 868. The molecule has 0 saturated heterocycles. The first-order valence-electron chi connectivity index (χ1n) is 9.86. The molecular formula is C20H26F3N5O2. The fraction of sp³-hybridized carbons (Fsp3) is 0.550. The number of nitrogens with one attached hydrogen (secondary N) is 1. The molecule has 2 aromatic rings. The number of rotatable bonds is 7. The molecule has 1 N–H and O–H groups in total. The lowest BCUT2D eigenvalue weighted by Crippen LogP contribution is -2.30. The van der Waals surface area contributed by atoms with E-state index in [4.69, 9.17) is 4.74 Å². The SMILES string of the molecule is COCCC(=O)N[C@H](C)c1nnc2n1CCN(Cc1cccc(C(F)(F)F)c1)CC2. The van der Waals surface area contributed by atoms with Crippen molar-refractivity contribution in [2.24, 2.45) is 0 Å². The van der Waals surface area contributed by atoms with Gasteiger partial charge in [0, 0.05) is 46.1 Å². The van der Waals surface area contributed by atoms with E-state index in [0.717, 1.165) is 11.9 Å². The molecule has 30 heavy (non-hydrogen) atoms. The van der Waals surface area contributed by atoms with Gasteiger partial charge in [0.1, 0.15) is 5.82 Å². The number of hydrogen-bond acceptors (Lipinski definition) is 5. The van der Waals surface area contributed by atoms with Gasteiger partial charge >= 0.3 is 6.18 Å². The van der Waals surface area contributed by atoms with Crippen molar-refractivity contribution >= 4 is 5.91 Å². The summed E-state index contributed by atoms with van der Waals surface area (Å²) in [6.07, 6.45) is -3.44. The second kappa shape index (κ2) is 9.57. The highest BCUT2D eigenvalue weighted by Crippen LogP contribution is 2.30. The van der Waals surface area contributed by atoms with E-state index in [1.165, 1.54) is 12.1 Å². The molecule has 7 nitrogen and oxygen atoms in total. The summed E-state index contributed by atoms with van der Waals surface area (Å²) >= 11 is 0. The van der Waals surface area contributed by atoms with E-state index in [9.17, 15) is 18.0 Å².